The summed E-state index contributed by atoms with van der Waals surface area (Å²) in [6.07, 6.45) is 3.49. The van der Waals surface area contributed by atoms with Crippen molar-refractivity contribution in [2.24, 2.45) is 7.05 Å². The molecule has 0 saturated heterocycles. The van der Waals surface area contributed by atoms with Crippen LogP contribution in [0, 0.1) is 13.8 Å². The van der Waals surface area contributed by atoms with Crippen molar-refractivity contribution in [3.63, 3.8) is 0 Å². The third-order valence-electron chi connectivity index (χ3n) is 4.03. The second-order valence-corrected chi connectivity index (χ2v) is 5.43. The molecule has 0 amide bonds. The first kappa shape index (κ1) is 15.7. The van der Waals surface area contributed by atoms with E-state index in [1.54, 1.807) is 6.33 Å². The van der Waals surface area contributed by atoms with Crippen LogP contribution in [0.25, 0.3) is 0 Å². The number of aromatic nitrogens is 5. The molecule has 2 aromatic rings. The minimum atomic E-state index is 0.353. The summed E-state index contributed by atoms with van der Waals surface area (Å²) in [5.41, 5.74) is 3.70. The Hall–Kier alpha value is -1.69. The maximum Gasteiger partial charge on any atom is 0.138 e. The van der Waals surface area contributed by atoms with Crippen molar-refractivity contribution in [1.82, 2.24) is 29.9 Å². The number of hydrogen-bond acceptors (Lipinski definition) is 4. The topological polar surface area (TPSA) is 60.6 Å². The molecule has 6 nitrogen and oxygen atoms in total. The molecule has 2 rings (SSSR count). The predicted molar refractivity (Wildman–Crippen MR) is 83.3 cm³/mol. The number of rotatable bonds is 7. The van der Waals surface area contributed by atoms with Crippen molar-refractivity contribution in [2.75, 3.05) is 6.54 Å². The van der Waals surface area contributed by atoms with Crippen LogP contribution < -0.4 is 5.32 Å². The van der Waals surface area contributed by atoms with E-state index >= 15 is 0 Å². The highest BCUT2D eigenvalue weighted by molar-refractivity contribution is 5.25. The molecule has 6 heteroatoms. The first-order valence-corrected chi connectivity index (χ1v) is 7.65. The SMILES string of the molecule is CCNC(Cc1c(C)nn(C)c1C)Cc1ncnn1CC. The van der Waals surface area contributed by atoms with Crippen LogP contribution in [-0.4, -0.2) is 37.1 Å². The Balaban J connectivity index is 2.15. The Morgan fingerprint density at radius 3 is 2.57 bits per heavy atom. The molecular formula is C15H26N6. The standard InChI is InChI=1S/C15H26N6/c1-6-16-13(9-15-17-10-18-21(15)7-2)8-14-11(3)19-20(5)12(14)4/h10,13,16H,6-9H2,1-5H3. The Morgan fingerprint density at radius 1 is 1.24 bits per heavy atom. The molecular weight excluding hydrogens is 264 g/mol. The first-order chi connectivity index (χ1) is 10.1. The number of hydrogen-bond donors (Lipinski definition) is 1. The number of aryl methyl sites for hydroxylation is 3. The van der Waals surface area contributed by atoms with Gasteiger partial charge in [0.05, 0.1) is 5.69 Å². The van der Waals surface area contributed by atoms with E-state index in [1.165, 1.54) is 11.3 Å². The highest BCUT2D eigenvalue weighted by Crippen LogP contribution is 2.15. The molecule has 0 aliphatic carbocycles. The van der Waals surface area contributed by atoms with Gasteiger partial charge in [-0.3, -0.25) is 9.36 Å². The third kappa shape index (κ3) is 3.50. The van der Waals surface area contributed by atoms with Gasteiger partial charge in [0.1, 0.15) is 12.2 Å². The van der Waals surface area contributed by atoms with Crippen LogP contribution in [0.15, 0.2) is 6.33 Å². The molecule has 116 valence electrons. The zero-order valence-corrected chi connectivity index (χ0v) is 13.7. The molecule has 0 spiro atoms. The lowest BCUT2D eigenvalue weighted by Gasteiger charge is -2.18. The summed E-state index contributed by atoms with van der Waals surface area (Å²) in [5.74, 6) is 1.04. The van der Waals surface area contributed by atoms with Gasteiger partial charge in [0.15, 0.2) is 0 Å². The van der Waals surface area contributed by atoms with Gasteiger partial charge in [0, 0.05) is 31.7 Å². The second-order valence-electron chi connectivity index (χ2n) is 5.43. The molecule has 1 atom stereocenters. The van der Waals surface area contributed by atoms with Gasteiger partial charge in [-0.1, -0.05) is 6.92 Å². The average Bonchev–Trinajstić information content (AvgIpc) is 2.99. The average molecular weight is 290 g/mol. The molecule has 1 N–H and O–H groups in total. The molecule has 1 unspecified atom stereocenters. The van der Waals surface area contributed by atoms with Crippen LogP contribution in [0.1, 0.15) is 36.6 Å². The molecule has 2 heterocycles. The molecule has 0 aromatic carbocycles. The van der Waals surface area contributed by atoms with E-state index in [0.29, 0.717) is 6.04 Å². The molecule has 0 radical (unpaired) electrons. The van der Waals surface area contributed by atoms with Crippen LogP contribution in [0.3, 0.4) is 0 Å². The van der Waals surface area contributed by atoms with E-state index in [2.05, 4.69) is 48.2 Å². The largest absolute Gasteiger partial charge is 0.313 e. The lowest BCUT2D eigenvalue weighted by molar-refractivity contribution is 0.488. The van der Waals surface area contributed by atoms with Crippen LogP contribution >= 0.6 is 0 Å². The Bertz CT molecular complexity index is 583. The van der Waals surface area contributed by atoms with Crippen LogP contribution in [0.5, 0.6) is 0 Å². The van der Waals surface area contributed by atoms with Crippen molar-refractivity contribution >= 4 is 0 Å². The van der Waals surface area contributed by atoms with Gasteiger partial charge in [0.2, 0.25) is 0 Å². The number of nitrogens with one attached hydrogen (secondary N) is 1. The lowest BCUT2D eigenvalue weighted by atomic mass is 10.0. The van der Waals surface area contributed by atoms with Crippen molar-refractivity contribution in [2.45, 2.75) is 53.1 Å². The fourth-order valence-corrected chi connectivity index (χ4v) is 2.80. The quantitative estimate of drug-likeness (QED) is 0.837. The molecule has 2 aromatic heterocycles. The smallest absolute Gasteiger partial charge is 0.138 e. The maximum absolute atomic E-state index is 4.51. The van der Waals surface area contributed by atoms with Crippen LogP contribution in [0.2, 0.25) is 0 Å². The minimum Gasteiger partial charge on any atom is -0.313 e. The summed E-state index contributed by atoms with van der Waals surface area (Å²) >= 11 is 0. The van der Waals surface area contributed by atoms with Crippen molar-refractivity contribution in [3.05, 3.63) is 29.1 Å². The van der Waals surface area contributed by atoms with E-state index < -0.39 is 0 Å². The van der Waals surface area contributed by atoms with Gasteiger partial charge in [-0.25, -0.2) is 4.98 Å². The zero-order chi connectivity index (χ0) is 15.4. The van der Waals surface area contributed by atoms with Gasteiger partial charge in [-0.15, -0.1) is 0 Å². The van der Waals surface area contributed by atoms with Gasteiger partial charge in [-0.05, 0) is 39.3 Å². The molecule has 0 aliphatic heterocycles. The lowest BCUT2D eigenvalue weighted by Crippen LogP contribution is -2.34. The van der Waals surface area contributed by atoms with Gasteiger partial charge >= 0.3 is 0 Å². The van der Waals surface area contributed by atoms with E-state index in [4.69, 9.17) is 0 Å². The second kappa shape index (κ2) is 6.85. The summed E-state index contributed by atoms with van der Waals surface area (Å²) in [5, 5.41) is 12.3. The Morgan fingerprint density at radius 2 is 2.00 bits per heavy atom. The predicted octanol–water partition coefficient (Wildman–Crippen LogP) is 1.41. The summed E-state index contributed by atoms with van der Waals surface area (Å²) in [6.45, 7) is 10.3. The van der Waals surface area contributed by atoms with Crippen molar-refractivity contribution in [3.8, 4) is 0 Å². The zero-order valence-electron chi connectivity index (χ0n) is 13.7. The highest BCUT2D eigenvalue weighted by atomic mass is 15.3. The molecule has 0 bridgehead atoms. The fraction of sp³-hybridized carbons (Fsp3) is 0.667. The molecule has 0 aliphatic rings. The van der Waals surface area contributed by atoms with Gasteiger partial charge in [0.25, 0.3) is 0 Å². The summed E-state index contributed by atoms with van der Waals surface area (Å²) in [4.78, 5) is 4.39. The normalized spacial score (nSPS) is 12.8. The van der Waals surface area contributed by atoms with Crippen LogP contribution in [-0.2, 0) is 26.4 Å². The summed E-state index contributed by atoms with van der Waals surface area (Å²) in [7, 11) is 2.00. The number of nitrogens with zero attached hydrogens (tertiary/aromatic N) is 5. The van der Waals surface area contributed by atoms with E-state index in [9.17, 15) is 0 Å². The first-order valence-electron chi connectivity index (χ1n) is 7.65. The molecule has 21 heavy (non-hydrogen) atoms. The molecule has 0 fully saturated rings. The summed E-state index contributed by atoms with van der Waals surface area (Å²) in [6, 6.07) is 0.353. The van der Waals surface area contributed by atoms with Gasteiger partial charge in [-0.2, -0.15) is 10.2 Å². The Kier molecular flexibility index (Phi) is 5.12. The summed E-state index contributed by atoms with van der Waals surface area (Å²) < 4.78 is 3.93. The van der Waals surface area contributed by atoms with Crippen molar-refractivity contribution < 1.29 is 0 Å². The third-order valence-corrected chi connectivity index (χ3v) is 4.03. The molecule has 0 saturated carbocycles. The highest BCUT2D eigenvalue weighted by Gasteiger charge is 2.18. The van der Waals surface area contributed by atoms with E-state index in [1.807, 2.05) is 16.4 Å². The Labute approximate surface area is 126 Å². The van der Waals surface area contributed by atoms with Gasteiger partial charge < -0.3 is 5.32 Å². The van der Waals surface area contributed by atoms with Crippen LogP contribution in [0.4, 0.5) is 0 Å². The van der Waals surface area contributed by atoms with E-state index in [-0.39, 0.29) is 0 Å². The van der Waals surface area contributed by atoms with Crippen molar-refractivity contribution in [1.29, 1.82) is 0 Å². The van der Waals surface area contributed by atoms with E-state index in [0.717, 1.165) is 37.4 Å². The minimum absolute atomic E-state index is 0.353. The monoisotopic (exact) mass is 290 g/mol. The fourth-order valence-electron chi connectivity index (χ4n) is 2.80. The maximum atomic E-state index is 4.51. The number of likely N-dealkylation sites (N-methyl/N-ethyl adjacent to an activating group) is 1.